The van der Waals surface area contributed by atoms with Gasteiger partial charge < -0.3 is 10.4 Å². The topological polar surface area (TPSA) is 62.2 Å². The summed E-state index contributed by atoms with van der Waals surface area (Å²) in [5.41, 5.74) is 1.05. The number of thioether (sulfide) groups is 1. The van der Waals surface area contributed by atoms with Crippen molar-refractivity contribution in [2.45, 2.75) is 25.7 Å². The largest absolute Gasteiger partial charge is 0.384 e. The van der Waals surface area contributed by atoms with Gasteiger partial charge >= 0.3 is 0 Å². The van der Waals surface area contributed by atoms with Gasteiger partial charge in [0.25, 0.3) is 5.91 Å². The van der Waals surface area contributed by atoms with Crippen molar-refractivity contribution in [1.29, 1.82) is 0 Å². The van der Waals surface area contributed by atoms with Crippen LogP contribution < -0.4 is 5.32 Å². The number of amides is 1. The zero-order chi connectivity index (χ0) is 15.3. The Balaban J connectivity index is 2.38. The molecule has 0 aliphatic heterocycles. The van der Waals surface area contributed by atoms with E-state index in [1.807, 2.05) is 11.8 Å². The van der Waals surface area contributed by atoms with Crippen LogP contribution in [0.15, 0.2) is 18.5 Å². The standard InChI is InChI=1S/C16H22N2O2S/c1-21-12-5-3-2-4-9-18-16(20)15-8-10-17-13-14(15)7-6-11-19/h8,10,13,19H,2-5,9,11-12H2,1H3,(H,18,20). The SMILES string of the molecule is CSCCCCCCNC(=O)c1ccncc1C#CCO. The number of nitrogens with one attached hydrogen (secondary N) is 1. The van der Waals surface area contributed by atoms with Crippen LogP contribution in [-0.4, -0.2) is 41.2 Å². The maximum Gasteiger partial charge on any atom is 0.252 e. The molecule has 0 aliphatic rings. The van der Waals surface area contributed by atoms with E-state index in [-0.39, 0.29) is 12.5 Å². The van der Waals surface area contributed by atoms with Crippen LogP contribution in [0.2, 0.25) is 0 Å². The zero-order valence-electron chi connectivity index (χ0n) is 12.4. The fraction of sp³-hybridized carbons (Fsp3) is 0.500. The summed E-state index contributed by atoms with van der Waals surface area (Å²) in [5.74, 6) is 6.35. The maximum absolute atomic E-state index is 12.1. The molecule has 1 aromatic heterocycles. The lowest BCUT2D eigenvalue weighted by molar-refractivity contribution is 0.0952. The molecule has 4 nitrogen and oxygen atoms in total. The molecule has 0 aliphatic carbocycles. The van der Waals surface area contributed by atoms with Gasteiger partial charge in [-0.3, -0.25) is 9.78 Å². The molecule has 0 atom stereocenters. The van der Waals surface area contributed by atoms with Crippen LogP contribution in [0.4, 0.5) is 0 Å². The summed E-state index contributed by atoms with van der Waals surface area (Å²) >= 11 is 1.87. The molecule has 1 aromatic rings. The third kappa shape index (κ3) is 7.16. The quantitative estimate of drug-likeness (QED) is 0.570. The van der Waals surface area contributed by atoms with E-state index in [1.54, 1.807) is 18.5 Å². The predicted octanol–water partition coefficient (Wildman–Crippen LogP) is 2.08. The molecule has 0 bridgehead atoms. The van der Waals surface area contributed by atoms with Crippen molar-refractivity contribution in [3.05, 3.63) is 29.6 Å². The second-order valence-electron chi connectivity index (χ2n) is 4.54. The first-order valence-electron chi connectivity index (χ1n) is 7.10. The summed E-state index contributed by atoms with van der Waals surface area (Å²) in [6.45, 7) is 0.444. The number of aliphatic hydroxyl groups is 1. The Hall–Kier alpha value is -1.51. The normalized spacial score (nSPS) is 9.81. The van der Waals surface area contributed by atoms with Crippen LogP contribution in [0.5, 0.6) is 0 Å². The number of rotatable bonds is 8. The van der Waals surface area contributed by atoms with Gasteiger partial charge in [0.1, 0.15) is 6.61 Å². The highest BCUT2D eigenvalue weighted by Crippen LogP contribution is 2.06. The van der Waals surface area contributed by atoms with E-state index >= 15 is 0 Å². The highest BCUT2D eigenvalue weighted by atomic mass is 32.2. The second kappa shape index (κ2) is 11.2. The Bertz CT molecular complexity index is 495. The molecular weight excluding hydrogens is 284 g/mol. The molecule has 1 amide bonds. The van der Waals surface area contributed by atoms with Crippen molar-refractivity contribution in [2.75, 3.05) is 25.2 Å². The van der Waals surface area contributed by atoms with Gasteiger partial charge in [-0.1, -0.05) is 24.7 Å². The van der Waals surface area contributed by atoms with Crippen LogP contribution in [-0.2, 0) is 0 Å². The van der Waals surface area contributed by atoms with Crippen molar-refractivity contribution in [1.82, 2.24) is 10.3 Å². The summed E-state index contributed by atoms with van der Waals surface area (Å²) in [6.07, 6.45) is 9.80. The molecule has 0 aromatic carbocycles. The minimum Gasteiger partial charge on any atom is -0.384 e. The Morgan fingerprint density at radius 1 is 1.38 bits per heavy atom. The van der Waals surface area contributed by atoms with Crippen LogP contribution in [0, 0.1) is 11.8 Å². The van der Waals surface area contributed by atoms with Crippen LogP contribution in [0.1, 0.15) is 41.6 Å². The number of carbonyl (C=O) groups is 1. The molecule has 0 spiro atoms. The predicted molar refractivity (Wildman–Crippen MR) is 87.4 cm³/mol. The highest BCUT2D eigenvalue weighted by molar-refractivity contribution is 7.98. The second-order valence-corrected chi connectivity index (χ2v) is 5.53. The third-order valence-electron chi connectivity index (χ3n) is 2.93. The first kappa shape index (κ1) is 17.5. The van der Waals surface area contributed by atoms with E-state index in [4.69, 9.17) is 5.11 Å². The number of pyridine rings is 1. The first-order valence-corrected chi connectivity index (χ1v) is 8.50. The van der Waals surface area contributed by atoms with Gasteiger partial charge in [0.05, 0.1) is 11.1 Å². The third-order valence-corrected chi connectivity index (χ3v) is 3.63. The van der Waals surface area contributed by atoms with Gasteiger partial charge in [-0.2, -0.15) is 11.8 Å². The lowest BCUT2D eigenvalue weighted by Gasteiger charge is -2.06. The fourth-order valence-electron chi connectivity index (χ4n) is 1.85. The van der Waals surface area contributed by atoms with E-state index in [0.717, 1.165) is 12.8 Å². The molecule has 0 saturated heterocycles. The molecule has 1 heterocycles. The number of carbonyl (C=O) groups excluding carboxylic acids is 1. The molecular formula is C16H22N2O2S. The molecule has 0 unspecified atom stereocenters. The maximum atomic E-state index is 12.1. The summed E-state index contributed by atoms with van der Waals surface area (Å²) in [6, 6.07) is 1.65. The van der Waals surface area contributed by atoms with Crippen molar-refractivity contribution >= 4 is 17.7 Å². The van der Waals surface area contributed by atoms with Gasteiger partial charge in [0, 0.05) is 18.9 Å². The number of aromatic nitrogens is 1. The average molecular weight is 306 g/mol. The van der Waals surface area contributed by atoms with Gasteiger partial charge in [-0.15, -0.1) is 0 Å². The minimum absolute atomic E-state index is 0.135. The zero-order valence-corrected chi connectivity index (χ0v) is 13.2. The minimum atomic E-state index is -0.230. The van der Waals surface area contributed by atoms with Crippen molar-refractivity contribution in [3.63, 3.8) is 0 Å². The Morgan fingerprint density at radius 3 is 2.95 bits per heavy atom. The Labute approximate surface area is 130 Å². The molecule has 0 radical (unpaired) electrons. The molecule has 0 fully saturated rings. The lowest BCUT2D eigenvalue weighted by atomic mass is 10.1. The molecule has 5 heteroatoms. The van der Waals surface area contributed by atoms with E-state index in [9.17, 15) is 4.79 Å². The Morgan fingerprint density at radius 2 is 2.19 bits per heavy atom. The van der Waals surface area contributed by atoms with Gasteiger partial charge in [0.15, 0.2) is 0 Å². The fourth-order valence-corrected chi connectivity index (χ4v) is 2.34. The number of hydrogen-bond donors (Lipinski definition) is 2. The lowest BCUT2D eigenvalue weighted by Crippen LogP contribution is -2.25. The number of hydrogen-bond acceptors (Lipinski definition) is 4. The smallest absolute Gasteiger partial charge is 0.252 e. The number of aliphatic hydroxyl groups excluding tert-OH is 1. The monoisotopic (exact) mass is 306 g/mol. The Kier molecular flexibility index (Phi) is 9.34. The van der Waals surface area contributed by atoms with Gasteiger partial charge in [-0.05, 0) is 30.9 Å². The summed E-state index contributed by atoms with van der Waals surface area (Å²) in [4.78, 5) is 16.0. The van der Waals surface area contributed by atoms with Crippen LogP contribution in [0.3, 0.4) is 0 Å². The van der Waals surface area contributed by atoms with Crippen molar-refractivity contribution in [2.24, 2.45) is 0 Å². The van der Waals surface area contributed by atoms with Crippen LogP contribution >= 0.6 is 11.8 Å². The van der Waals surface area contributed by atoms with E-state index < -0.39 is 0 Å². The number of unbranched alkanes of at least 4 members (excludes halogenated alkanes) is 3. The van der Waals surface area contributed by atoms with E-state index in [0.29, 0.717) is 17.7 Å². The van der Waals surface area contributed by atoms with Gasteiger partial charge in [-0.25, -0.2) is 0 Å². The van der Waals surface area contributed by atoms with Crippen LogP contribution in [0.25, 0.3) is 0 Å². The van der Waals surface area contributed by atoms with Crippen molar-refractivity contribution < 1.29 is 9.90 Å². The molecule has 0 saturated carbocycles. The van der Waals surface area contributed by atoms with Crippen molar-refractivity contribution in [3.8, 4) is 11.8 Å². The van der Waals surface area contributed by atoms with Gasteiger partial charge in [0.2, 0.25) is 0 Å². The highest BCUT2D eigenvalue weighted by Gasteiger charge is 2.09. The molecule has 21 heavy (non-hydrogen) atoms. The average Bonchev–Trinajstić information content (AvgIpc) is 2.52. The van der Waals surface area contributed by atoms with E-state index in [2.05, 4.69) is 28.4 Å². The summed E-state index contributed by atoms with van der Waals surface area (Å²) in [7, 11) is 0. The van der Waals surface area contributed by atoms with E-state index in [1.165, 1.54) is 18.6 Å². The molecule has 2 N–H and O–H groups in total. The first-order chi connectivity index (χ1) is 10.3. The molecule has 1 rings (SSSR count). The number of nitrogens with zero attached hydrogens (tertiary/aromatic N) is 1. The molecule has 114 valence electrons. The summed E-state index contributed by atoms with van der Waals surface area (Å²) in [5, 5.41) is 11.6. The summed E-state index contributed by atoms with van der Waals surface area (Å²) < 4.78 is 0.